The van der Waals surface area contributed by atoms with Gasteiger partial charge in [-0.05, 0) is 50.3 Å². The van der Waals surface area contributed by atoms with Gasteiger partial charge in [-0.1, -0.05) is 19.3 Å². The van der Waals surface area contributed by atoms with Gasteiger partial charge in [-0.2, -0.15) is 0 Å². The molecule has 1 atom stereocenters. The first-order chi connectivity index (χ1) is 10.1. The van der Waals surface area contributed by atoms with Crippen LogP contribution in [0.2, 0.25) is 0 Å². The summed E-state index contributed by atoms with van der Waals surface area (Å²) in [5, 5.41) is 3.77. The second-order valence-corrected chi connectivity index (χ2v) is 7.49. The number of nitrogens with zero attached hydrogens (tertiary/aromatic N) is 2. The molecule has 1 saturated heterocycles. The summed E-state index contributed by atoms with van der Waals surface area (Å²) in [6, 6.07) is 5.02. The molecule has 1 saturated carbocycles. The number of hydrogen-bond acceptors (Lipinski definition) is 3. The van der Waals surface area contributed by atoms with Gasteiger partial charge in [-0.15, -0.1) is 0 Å². The fourth-order valence-corrected chi connectivity index (χ4v) is 4.07. The minimum atomic E-state index is 0.220. The molecule has 1 aliphatic heterocycles. The molecule has 1 aromatic heterocycles. The van der Waals surface area contributed by atoms with Crippen LogP contribution in [0.4, 0.5) is 0 Å². The highest BCUT2D eigenvalue weighted by Gasteiger charge is 2.36. The molecule has 3 rings (SSSR count). The Bertz CT molecular complexity index is 437. The van der Waals surface area contributed by atoms with Crippen LogP contribution in [0, 0.1) is 5.92 Å². The van der Waals surface area contributed by atoms with E-state index >= 15 is 0 Å². The minimum Gasteiger partial charge on any atom is -0.309 e. The van der Waals surface area contributed by atoms with Crippen LogP contribution in [0.3, 0.4) is 0 Å². The van der Waals surface area contributed by atoms with Crippen molar-refractivity contribution in [3.8, 4) is 0 Å². The van der Waals surface area contributed by atoms with Crippen LogP contribution in [0.1, 0.15) is 51.5 Å². The van der Waals surface area contributed by atoms with E-state index < -0.39 is 0 Å². The van der Waals surface area contributed by atoms with E-state index in [1.807, 2.05) is 12.4 Å². The molecule has 116 valence electrons. The monoisotopic (exact) mass is 287 g/mol. The summed E-state index contributed by atoms with van der Waals surface area (Å²) >= 11 is 0. The summed E-state index contributed by atoms with van der Waals surface area (Å²) in [4.78, 5) is 6.87. The van der Waals surface area contributed by atoms with Crippen molar-refractivity contribution in [2.45, 2.75) is 64.1 Å². The predicted molar refractivity (Wildman–Crippen MR) is 87.1 cm³/mol. The van der Waals surface area contributed by atoms with Crippen LogP contribution in [-0.4, -0.2) is 34.6 Å². The molecule has 0 aromatic carbocycles. The predicted octanol–water partition coefficient (Wildman–Crippen LogP) is 3.21. The fraction of sp³-hybridized carbons (Fsp3) is 0.722. The Balaban J connectivity index is 1.73. The van der Waals surface area contributed by atoms with Crippen molar-refractivity contribution in [1.29, 1.82) is 0 Å². The lowest BCUT2D eigenvalue weighted by atomic mass is 9.81. The normalized spacial score (nSPS) is 27.6. The Morgan fingerprint density at radius 1 is 1.19 bits per heavy atom. The van der Waals surface area contributed by atoms with Crippen molar-refractivity contribution >= 4 is 0 Å². The fourth-order valence-electron chi connectivity index (χ4n) is 4.07. The van der Waals surface area contributed by atoms with Crippen LogP contribution in [0.15, 0.2) is 24.5 Å². The van der Waals surface area contributed by atoms with Gasteiger partial charge in [0.05, 0.1) is 0 Å². The highest BCUT2D eigenvalue weighted by atomic mass is 15.3. The number of nitrogens with one attached hydrogen (secondary N) is 1. The van der Waals surface area contributed by atoms with Crippen molar-refractivity contribution in [3.05, 3.63) is 30.1 Å². The van der Waals surface area contributed by atoms with E-state index in [0.717, 1.165) is 25.6 Å². The maximum Gasteiger partial charge on any atom is 0.0271 e. The molecule has 21 heavy (non-hydrogen) atoms. The standard InChI is InChI=1S/C18H29N3/c1-18(2)14-21(13-15-8-10-19-11-9-15)17(12-20-18)16-6-4-3-5-7-16/h8-11,16-17,20H,3-7,12-14H2,1-2H3. The van der Waals surface area contributed by atoms with E-state index in [4.69, 9.17) is 0 Å². The third-order valence-electron chi connectivity index (χ3n) is 5.19. The number of aromatic nitrogens is 1. The Labute approximate surface area is 129 Å². The lowest BCUT2D eigenvalue weighted by molar-refractivity contribution is 0.0419. The van der Waals surface area contributed by atoms with Crippen LogP contribution < -0.4 is 5.32 Å². The Kier molecular flexibility index (Phi) is 4.60. The van der Waals surface area contributed by atoms with E-state index in [9.17, 15) is 0 Å². The largest absolute Gasteiger partial charge is 0.309 e. The summed E-state index contributed by atoms with van der Waals surface area (Å²) in [5.74, 6) is 0.879. The van der Waals surface area contributed by atoms with Gasteiger partial charge in [0.15, 0.2) is 0 Å². The van der Waals surface area contributed by atoms with Crippen molar-refractivity contribution in [2.24, 2.45) is 5.92 Å². The molecule has 1 aromatic rings. The van der Waals surface area contributed by atoms with E-state index in [2.05, 4.69) is 41.2 Å². The molecule has 0 bridgehead atoms. The van der Waals surface area contributed by atoms with Crippen LogP contribution in [0.25, 0.3) is 0 Å². The van der Waals surface area contributed by atoms with Crippen molar-refractivity contribution in [2.75, 3.05) is 13.1 Å². The molecular formula is C18H29N3. The molecule has 3 heteroatoms. The smallest absolute Gasteiger partial charge is 0.0271 e. The SMILES string of the molecule is CC1(C)CN(Cc2ccncc2)C(C2CCCCC2)CN1. The average molecular weight is 287 g/mol. The lowest BCUT2D eigenvalue weighted by Crippen LogP contribution is -2.63. The van der Waals surface area contributed by atoms with Crippen LogP contribution in [-0.2, 0) is 6.54 Å². The third kappa shape index (κ3) is 3.83. The Morgan fingerprint density at radius 3 is 2.62 bits per heavy atom. The highest BCUT2D eigenvalue weighted by molar-refractivity contribution is 5.11. The molecule has 1 N–H and O–H groups in total. The maximum atomic E-state index is 4.15. The van der Waals surface area contributed by atoms with Crippen molar-refractivity contribution in [3.63, 3.8) is 0 Å². The number of rotatable bonds is 3. The highest BCUT2D eigenvalue weighted by Crippen LogP contribution is 2.32. The molecule has 0 amide bonds. The molecular weight excluding hydrogens is 258 g/mol. The zero-order valence-electron chi connectivity index (χ0n) is 13.5. The van der Waals surface area contributed by atoms with Gasteiger partial charge >= 0.3 is 0 Å². The molecule has 1 unspecified atom stereocenters. The zero-order chi connectivity index (χ0) is 14.7. The summed E-state index contributed by atoms with van der Waals surface area (Å²) in [6.45, 7) is 7.99. The first-order valence-corrected chi connectivity index (χ1v) is 8.52. The van der Waals surface area contributed by atoms with Crippen molar-refractivity contribution in [1.82, 2.24) is 15.2 Å². The first kappa shape index (κ1) is 15.0. The third-order valence-corrected chi connectivity index (χ3v) is 5.19. The van der Waals surface area contributed by atoms with Gasteiger partial charge in [0.2, 0.25) is 0 Å². The molecule has 3 nitrogen and oxygen atoms in total. The van der Waals surface area contributed by atoms with Gasteiger partial charge in [-0.3, -0.25) is 9.88 Å². The average Bonchev–Trinajstić information content (AvgIpc) is 2.48. The zero-order valence-corrected chi connectivity index (χ0v) is 13.5. The van der Waals surface area contributed by atoms with Crippen LogP contribution >= 0.6 is 0 Å². The van der Waals surface area contributed by atoms with Gasteiger partial charge in [-0.25, -0.2) is 0 Å². The Morgan fingerprint density at radius 2 is 1.90 bits per heavy atom. The second-order valence-electron chi connectivity index (χ2n) is 7.49. The summed E-state index contributed by atoms with van der Waals surface area (Å²) in [6.07, 6.45) is 10.9. The lowest BCUT2D eigenvalue weighted by Gasteiger charge is -2.48. The molecule has 2 fully saturated rings. The quantitative estimate of drug-likeness (QED) is 0.925. The molecule has 0 spiro atoms. The van der Waals surface area contributed by atoms with Gasteiger partial charge in [0.25, 0.3) is 0 Å². The number of pyridine rings is 1. The molecule has 1 aliphatic carbocycles. The van der Waals surface area contributed by atoms with E-state index in [-0.39, 0.29) is 5.54 Å². The number of hydrogen-bond donors (Lipinski definition) is 1. The first-order valence-electron chi connectivity index (χ1n) is 8.52. The molecule has 2 heterocycles. The second kappa shape index (κ2) is 6.45. The molecule has 2 aliphatic rings. The topological polar surface area (TPSA) is 28.2 Å². The number of piperazine rings is 1. The Hall–Kier alpha value is -0.930. The summed E-state index contributed by atoms with van der Waals surface area (Å²) in [5.41, 5.74) is 1.61. The van der Waals surface area contributed by atoms with Crippen LogP contribution in [0.5, 0.6) is 0 Å². The summed E-state index contributed by atoms with van der Waals surface area (Å²) < 4.78 is 0. The van der Waals surface area contributed by atoms with Gasteiger partial charge in [0, 0.05) is 43.6 Å². The maximum absolute atomic E-state index is 4.15. The summed E-state index contributed by atoms with van der Waals surface area (Å²) in [7, 11) is 0. The van der Waals surface area contributed by atoms with Gasteiger partial charge < -0.3 is 5.32 Å². The van der Waals surface area contributed by atoms with Gasteiger partial charge in [0.1, 0.15) is 0 Å². The van der Waals surface area contributed by atoms with E-state index in [1.165, 1.54) is 37.7 Å². The van der Waals surface area contributed by atoms with Crippen molar-refractivity contribution < 1.29 is 0 Å². The minimum absolute atomic E-state index is 0.220. The van der Waals surface area contributed by atoms with E-state index in [1.54, 1.807) is 0 Å². The van der Waals surface area contributed by atoms with E-state index in [0.29, 0.717) is 6.04 Å². The molecule has 0 radical (unpaired) electrons.